The molecule has 102 valence electrons. The first-order valence-electron chi connectivity index (χ1n) is 7.06. The first-order valence-corrected chi connectivity index (χ1v) is 7.06. The van der Waals surface area contributed by atoms with E-state index >= 15 is 0 Å². The zero-order chi connectivity index (χ0) is 13.4. The third kappa shape index (κ3) is 5.09. The van der Waals surface area contributed by atoms with E-state index in [0.717, 1.165) is 31.9 Å². The van der Waals surface area contributed by atoms with Crippen molar-refractivity contribution in [2.75, 3.05) is 19.7 Å². The third-order valence-corrected chi connectivity index (χ3v) is 3.03. The summed E-state index contributed by atoms with van der Waals surface area (Å²) in [7, 11) is 0. The number of hydrogen-bond donors (Lipinski definition) is 1. The van der Waals surface area contributed by atoms with Gasteiger partial charge in [-0.2, -0.15) is 0 Å². The van der Waals surface area contributed by atoms with Gasteiger partial charge >= 0.3 is 0 Å². The van der Waals surface area contributed by atoms with Crippen LogP contribution in [-0.2, 0) is 0 Å². The third-order valence-electron chi connectivity index (χ3n) is 3.03. The molecule has 0 aliphatic rings. The maximum Gasteiger partial charge on any atom is 0.125 e. The topological polar surface area (TPSA) is 21.3 Å². The van der Waals surface area contributed by atoms with Gasteiger partial charge < -0.3 is 10.1 Å². The molecule has 0 unspecified atom stereocenters. The molecular formula is C16H27NO. The first kappa shape index (κ1) is 15.0. The largest absolute Gasteiger partial charge is 0.493 e. The highest BCUT2D eigenvalue weighted by Crippen LogP contribution is 2.24. The predicted octanol–water partition coefficient (Wildman–Crippen LogP) is 3.77. The molecule has 0 fully saturated rings. The SMILES string of the molecule is CCCNCCCCOc1c(C)cc(C)cc1C. The molecular weight excluding hydrogens is 222 g/mol. The molecule has 2 nitrogen and oxygen atoms in total. The van der Waals surface area contributed by atoms with Crippen molar-refractivity contribution >= 4 is 0 Å². The molecule has 2 heteroatoms. The number of aryl methyl sites for hydroxylation is 3. The standard InChI is InChI=1S/C16H27NO/c1-5-8-17-9-6-7-10-18-16-14(3)11-13(2)12-15(16)4/h11-12,17H,5-10H2,1-4H3. The lowest BCUT2D eigenvalue weighted by Gasteiger charge is -2.13. The van der Waals surface area contributed by atoms with Crippen LogP contribution in [0.2, 0.25) is 0 Å². The van der Waals surface area contributed by atoms with Crippen molar-refractivity contribution in [3.8, 4) is 5.75 Å². The summed E-state index contributed by atoms with van der Waals surface area (Å²) in [6.07, 6.45) is 3.51. The van der Waals surface area contributed by atoms with Crippen molar-refractivity contribution in [3.05, 3.63) is 28.8 Å². The van der Waals surface area contributed by atoms with Crippen LogP contribution in [0.5, 0.6) is 5.75 Å². The molecule has 18 heavy (non-hydrogen) atoms. The second-order valence-corrected chi connectivity index (χ2v) is 5.03. The van der Waals surface area contributed by atoms with Crippen molar-refractivity contribution in [1.82, 2.24) is 5.32 Å². The molecule has 0 saturated heterocycles. The molecule has 0 amide bonds. The average molecular weight is 249 g/mol. The summed E-state index contributed by atoms with van der Waals surface area (Å²) in [6.45, 7) is 11.6. The Bertz CT molecular complexity index is 337. The Morgan fingerprint density at radius 1 is 1.00 bits per heavy atom. The van der Waals surface area contributed by atoms with Crippen LogP contribution in [0.1, 0.15) is 42.9 Å². The molecule has 0 bridgehead atoms. The summed E-state index contributed by atoms with van der Waals surface area (Å²) in [4.78, 5) is 0. The summed E-state index contributed by atoms with van der Waals surface area (Å²) < 4.78 is 5.90. The van der Waals surface area contributed by atoms with Crippen LogP contribution < -0.4 is 10.1 Å². The molecule has 0 saturated carbocycles. The van der Waals surface area contributed by atoms with E-state index in [1.165, 1.54) is 29.5 Å². The Labute approximate surface area is 112 Å². The van der Waals surface area contributed by atoms with E-state index in [9.17, 15) is 0 Å². The predicted molar refractivity (Wildman–Crippen MR) is 78.5 cm³/mol. The van der Waals surface area contributed by atoms with Crippen LogP contribution in [0.3, 0.4) is 0 Å². The van der Waals surface area contributed by atoms with Gasteiger partial charge in [0, 0.05) is 0 Å². The average Bonchev–Trinajstić information content (AvgIpc) is 2.30. The molecule has 0 atom stereocenters. The van der Waals surface area contributed by atoms with E-state index in [1.54, 1.807) is 0 Å². The zero-order valence-corrected chi connectivity index (χ0v) is 12.3. The quantitative estimate of drug-likeness (QED) is 0.708. The van der Waals surface area contributed by atoms with Crippen molar-refractivity contribution in [2.24, 2.45) is 0 Å². The summed E-state index contributed by atoms with van der Waals surface area (Å²) >= 11 is 0. The van der Waals surface area contributed by atoms with Gasteiger partial charge in [-0.15, -0.1) is 0 Å². The van der Waals surface area contributed by atoms with E-state index < -0.39 is 0 Å². The smallest absolute Gasteiger partial charge is 0.125 e. The lowest BCUT2D eigenvalue weighted by Crippen LogP contribution is -2.16. The molecule has 1 aromatic rings. The Morgan fingerprint density at radius 2 is 1.67 bits per heavy atom. The Balaban J connectivity index is 2.27. The normalized spacial score (nSPS) is 10.7. The van der Waals surface area contributed by atoms with Gasteiger partial charge in [0.25, 0.3) is 0 Å². The van der Waals surface area contributed by atoms with Gasteiger partial charge in [-0.05, 0) is 64.3 Å². The molecule has 0 spiro atoms. The highest BCUT2D eigenvalue weighted by Gasteiger charge is 2.04. The second-order valence-electron chi connectivity index (χ2n) is 5.03. The maximum absolute atomic E-state index is 5.90. The van der Waals surface area contributed by atoms with Gasteiger partial charge in [0.15, 0.2) is 0 Å². The molecule has 1 N–H and O–H groups in total. The van der Waals surface area contributed by atoms with E-state index in [4.69, 9.17) is 4.74 Å². The number of ether oxygens (including phenoxy) is 1. The van der Waals surface area contributed by atoms with Crippen molar-refractivity contribution in [1.29, 1.82) is 0 Å². The van der Waals surface area contributed by atoms with E-state index in [-0.39, 0.29) is 0 Å². The minimum atomic E-state index is 0.818. The fraction of sp³-hybridized carbons (Fsp3) is 0.625. The summed E-state index contributed by atoms with van der Waals surface area (Å²) in [6, 6.07) is 4.37. The van der Waals surface area contributed by atoms with Crippen LogP contribution >= 0.6 is 0 Å². The van der Waals surface area contributed by atoms with Crippen LogP contribution in [0.15, 0.2) is 12.1 Å². The summed E-state index contributed by atoms with van der Waals surface area (Å²) in [5.41, 5.74) is 3.80. The zero-order valence-electron chi connectivity index (χ0n) is 12.3. The van der Waals surface area contributed by atoms with Crippen LogP contribution in [0.25, 0.3) is 0 Å². The molecule has 0 heterocycles. The summed E-state index contributed by atoms with van der Waals surface area (Å²) in [5.74, 6) is 1.07. The first-order chi connectivity index (χ1) is 8.65. The Morgan fingerprint density at radius 3 is 2.28 bits per heavy atom. The maximum atomic E-state index is 5.90. The lowest BCUT2D eigenvalue weighted by atomic mass is 10.1. The molecule has 0 aliphatic heterocycles. The van der Waals surface area contributed by atoms with Gasteiger partial charge in [-0.1, -0.05) is 24.6 Å². The van der Waals surface area contributed by atoms with Gasteiger partial charge in [-0.25, -0.2) is 0 Å². The fourth-order valence-corrected chi connectivity index (χ4v) is 2.22. The van der Waals surface area contributed by atoms with Crippen molar-refractivity contribution in [2.45, 2.75) is 47.0 Å². The van der Waals surface area contributed by atoms with Gasteiger partial charge in [0.05, 0.1) is 6.61 Å². The molecule has 0 aromatic heterocycles. The minimum Gasteiger partial charge on any atom is -0.493 e. The Kier molecular flexibility index (Phi) is 6.81. The second kappa shape index (κ2) is 8.15. The molecule has 1 aromatic carbocycles. The van der Waals surface area contributed by atoms with Crippen molar-refractivity contribution < 1.29 is 4.74 Å². The van der Waals surface area contributed by atoms with E-state index in [1.807, 2.05) is 0 Å². The van der Waals surface area contributed by atoms with Gasteiger partial charge in [-0.3, -0.25) is 0 Å². The van der Waals surface area contributed by atoms with Crippen LogP contribution in [-0.4, -0.2) is 19.7 Å². The molecule has 1 rings (SSSR count). The highest BCUT2D eigenvalue weighted by molar-refractivity contribution is 5.42. The Hall–Kier alpha value is -1.02. The van der Waals surface area contributed by atoms with Crippen LogP contribution in [0, 0.1) is 20.8 Å². The number of benzene rings is 1. The number of nitrogens with one attached hydrogen (secondary N) is 1. The van der Waals surface area contributed by atoms with Gasteiger partial charge in [0.2, 0.25) is 0 Å². The lowest BCUT2D eigenvalue weighted by molar-refractivity contribution is 0.302. The molecule has 0 aliphatic carbocycles. The monoisotopic (exact) mass is 249 g/mol. The summed E-state index contributed by atoms with van der Waals surface area (Å²) in [5, 5.41) is 3.41. The van der Waals surface area contributed by atoms with E-state index in [0.29, 0.717) is 0 Å². The van der Waals surface area contributed by atoms with Crippen LogP contribution in [0.4, 0.5) is 0 Å². The van der Waals surface area contributed by atoms with Gasteiger partial charge in [0.1, 0.15) is 5.75 Å². The fourth-order valence-electron chi connectivity index (χ4n) is 2.22. The van der Waals surface area contributed by atoms with Crippen molar-refractivity contribution in [3.63, 3.8) is 0 Å². The highest BCUT2D eigenvalue weighted by atomic mass is 16.5. The molecule has 0 radical (unpaired) electrons. The minimum absolute atomic E-state index is 0.818. The number of rotatable bonds is 8. The van der Waals surface area contributed by atoms with E-state index in [2.05, 4.69) is 45.1 Å². The number of hydrogen-bond acceptors (Lipinski definition) is 2. The number of unbranched alkanes of at least 4 members (excludes halogenated alkanes) is 1.